The zero-order valence-corrected chi connectivity index (χ0v) is 4.25. The van der Waals surface area contributed by atoms with E-state index >= 15 is 0 Å². The molecule has 0 aromatic carbocycles. The Morgan fingerprint density at radius 2 is 2.29 bits per heavy atom. The van der Waals surface area contributed by atoms with Gasteiger partial charge in [0.15, 0.2) is 0 Å². The first-order valence-electron chi connectivity index (χ1n) is 2.26. The molecule has 0 saturated carbocycles. The molecule has 7 heavy (non-hydrogen) atoms. The molecule has 0 rings (SSSR count). The molecule has 0 radical (unpaired) electrons. The highest BCUT2D eigenvalue weighted by atomic mass is 19.2. The summed E-state index contributed by atoms with van der Waals surface area (Å²) in [6.07, 6.45) is 0.881. The molecule has 42 valence electrons. The third-order valence-electron chi connectivity index (χ3n) is 0.607. The maximum Gasteiger partial charge on any atom is 0.128 e. The average molecular weight is 106 g/mol. The number of halogens is 2. The number of hydrogen-bond donors (Lipinski definition) is 0. The van der Waals surface area contributed by atoms with E-state index in [2.05, 4.69) is 0 Å². The minimum absolute atomic E-state index is 0.00347. The van der Waals surface area contributed by atoms with Gasteiger partial charge in [-0.15, -0.1) is 0 Å². The summed E-state index contributed by atoms with van der Waals surface area (Å²) in [5, 5.41) is 0. The quantitative estimate of drug-likeness (QED) is 0.507. The molecule has 0 atom stereocenters. The molecule has 0 aromatic heterocycles. The third kappa shape index (κ3) is 3.43. The first kappa shape index (κ1) is 6.60. The van der Waals surface area contributed by atoms with Crippen molar-refractivity contribution in [2.24, 2.45) is 0 Å². The molecule has 0 bridgehead atoms. The lowest BCUT2D eigenvalue weighted by molar-refractivity contribution is 0.543. The van der Waals surface area contributed by atoms with E-state index in [1.54, 1.807) is 6.92 Å². The van der Waals surface area contributed by atoms with E-state index < -0.39 is 5.83 Å². The van der Waals surface area contributed by atoms with Gasteiger partial charge in [-0.25, -0.2) is 8.78 Å². The van der Waals surface area contributed by atoms with Crippen LogP contribution in [-0.2, 0) is 0 Å². The van der Waals surface area contributed by atoms with Crippen molar-refractivity contribution in [3.8, 4) is 0 Å². The van der Waals surface area contributed by atoms with Gasteiger partial charge in [-0.2, -0.15) is 0 Å². The van der Waals surface area contributed by atoms with Crippen molar-refractivity contribution in [1.29, 1.82) is 0 Å². The number of rotatable bonds is 2. The molecule has 0 saturated heterocycles. The molecular weight excluding hydrogens is 98.1 g/mol. The summed E-state index contributed by atoms with van der Waals surface area (Å²) < 4.78 is 22.7. The first-order chi connectivity index (χ1) is 3.31. The van der Waals surface area contributed by atoms with Gasteiger partial charge in [0, 0.05) is 6.42 Å². The van der Waals surface area contributed by atoms with Crippen LogP contribution < -0.4 is 0 Å². The van der Waals surface area contributed by atoms with Crippen LogP contribution in [0.3, 0.4) is 0 Å². The Kier molecular flexibility index (Phi) is 3.56. The Balaban J connectivity index is 3.17. The van der Waals surface area contributed by atoms with E-state index in [0.29, 0.717) is 6.42 Å². The highest BCUT2D eigenvalue weighted by molar-refractivity contribution is 4.82. The molecule has 0 aliphatic carbocycles. The molecule has 0 amide bonds. The fraction of sp³-hybridized carbons (Fsp3) is 0.600. The molecule has 0 aromatic rings. The summed E-state index contributed by atoms with van der Waals surface area (Å²) in [7, 11) is 0. The van der Waals surface area contributed by atoms with Crippen LogP contribution >= 0.6 is 0 Å². The van der Waals surface area contributed by atoms with E-state index in [1.165, 1.54) is 0 Å². The standard InChI is InChI=1S/C5H8F2/c1-2-3-5(7)4-6/h4H,2-3H2,1H3. The van der Waals surface area contributed by atoms with E-state index in [-0.39, 0.29) is 12.8 Å². The lowest BCUT2D eigenvalue weighted by atomic mass is 10.3. The van der Waals surface area contributed by atoms with Gasteiger partial charge in [-0.1, -0.05) is 6.92 Å². The van der Waals surface area contributed by atoms with Crippen molar-refractivity contribution in [1.82, 2.24) is 0 Å². The van der Waals surface area contributed by atoms with Crippen LogP contribution in [-0.4, -0.2) is 0 Å². The molecule has 0 heterocycles. The summed E-state index contributed by atoms with van der Waals surface area (Å²) in [5.41, 5.74) is 0. The van der Waals surface area contributed by atoms with Crippen molar-refractivity contribution in [2.75, 3.05) is 0 Å². The lowest BCUT2D eigenvalue weighted by Gasteiger charge is -1.84. The Morgan fingerprint density at radius 1 is 1.71 bits per heavy atom. The average Bonchev–Trinajstić information content (AvgIpc) is 1.68. The predicted octanol–water partition coefficient (Wildman–Crippen LogP) is 2.57. The summed E-state index contributed by atoms with van der Waals surface area (Å²) in [6, 6.07) is 0. The smallest absolute Gasteiger partial charge is 0.128 e. The molecular formula is C5H8F2. The van der Waals surface area contributed by atoms with Crippen LogP contribution in [0.4, 0.5) is 8.78 Å². The highest BCUT2D eigenvalue weighted by Gasteiger charge is 1.87. The Morgan fingerprint density at radius 3 is 2.43 bits per heavy atom. The molecule has 2 heteroatoms. The number of allylic oxidation sites excluding steroid dienone is 1. The van der Waals surface area contributed by atoms with Gasteiger partial charge in [-0.3, -0.25) is 0 Å². The van der Waals surface area contributed by atoms with Gasteiger partial charge in [0.2, 0.25) is 0 Å². The van der Waals surface area contributed by atoms with Crippen LogP contribution in [0.1, 0.15) is 19.8 Å². The second kappa shape index (κ2) is 3.78. The highest BCUT2D eigenvalue weighted by Crippen LogP contribution is 2.04. The van der Waals surface area contributed by atoms with E-state index in [0.717, 1.165) is 0 Å². The van der Waals surface area contributed by atoms with Crippen molar-refractivity contribution in [3.05, 3.63) is 12.2 Å². The van der Waals surface area contributed by atoms with Gasteiger partial charge in [0.05, 0.1) is 0 Å². The zero-order valence-electron chi connectivity index (χ0n) is 4.25. The largest absolute Gasteiger partial charge is 0.213 e. The van der Waals surface area contributed by atoms with Crippen molar-refractivity contribution >= 4 is 0 Å². The van der Waals surface area contributed by atoms with Crippen LogP contribution in [0, 0.1) is 0 Å². The van der Waals surface area contributed by atoms with Crippen LogP contribution in [0.2, 0.25) is 0 Å². The fourth-order valence-corrected chi connectivity index (χ4v) is 0.293. The van der Waals surface area contributed by atoms with Crippen molar-refractivity contribution in [2.45, 2.75) is 19.8 Å². The van der Waals surface area contributed by atoms with Gasteiger partial charge in [-0.05, 0) is 6.42 Å². The van der Waals surface area contributed by atoms with Gasteiger partial charge in [0.1, 0.15) is 12.2 Å². The zero-order chi connectivity index (χ0) is 5.70. The van der Waals surface area contributed by atoms with E-state index in [9.17, 15) is 8.78 Å². The minimum atomic E-state index is -0.664. The Bertz CT molecular complexity index is 66.5. The second-order valence-electron chi connectivity index (χ2n) is 1.31. The second-order valence-corrected chi connectivity index (χ2v) is 1.31. The lowest BCUT2D eigenvalue weighted by Crippen LogP contribution is -1.67. The van der Waals surface area contributed by atoms with E-state index in [4.69, 9.17) is 0 Å². The topological polar surface area (TPSA) is 0 Å². The van der Waals surface area contributed by atoms with Gasteiger partial charge in [0.25, 0.3) is 0 Å². The Labute approximate surface area is 41.8 Å². The SMILES string of the molecule is CCCC(F)=CF. The summed E-state index contributed by atoms with van der Waals surface area (Å²) in [4.78, 5) is 0. The molecule has 0 unspecified atom stereocenters. The van der Waals surface area contributed by atoms with Crippen molar-refractivity contribution in [3.63, 3.8) is 0 Å². The van der Waals surface area contributed by atoms with Crippen LogP contribution in [0.5, 0.6) is 0 Å². The first-order valence-corrected chi connectivity index (χ1v) is 2.26. The van der Waals surface area contributed by atoms with Crippen molar-refractivity contribution < 1.29 is 8.78 Å². The summed E-state index contributed by atoms with van der Waals surface area (Å²) >= 11 is 0. The maximum absolute atomic E-state index is 11.6. The predicted molar refractivity (Wildman–Crippen MR) is 25.2 cm³/mol. The third-order valence-corrected chi connectivity index (χ3v) is 0.607. The fourth-order valence-electron chi connectivity index (χ4n) is 0.293. The van der Waals surface area contributed by atoms with Gasteiger partial charge >= 0.3 is 0 Å². The summed E-state index contributed by atoms with van der Waals surface area (Å²) in [6.45, 7) is 1.79. The molecule has 0 spiro atoms. The van der Waals surface area contributed by atoms with Crippen LogP contribution in [0.25, 0.3) is 0 Å². The molecule has 0 fully saturated rings. The van der Waals surface area contributed by atoms with Crippen LogP contribution in [0.15, 0.2) is 12.2 Å². The normalized spacial score (nSPS) is 12.1. The van der Waals surface area contributed by atoms with E-state index in [1.807, 2.05) is 0 Å². The summed E-state index contributed by atoms with van der Waals surface area (Å²) in [5.74, 6) is -0.664. The molecule has 0 aliphatic heterocycles. The number of hydrogen-bond acceptors (Lipinski definition) is 0. The molecule has 0 N–H and O–H groups in total. The molecule has 0 nitrogen and oxygen atoms in total. The molecule has 0 aliphatic rings. The minimum Gasteiger partial charge on any atom is -0.213 e. The van der Waals surface area contributed by atoms with Gasteiger partial charge < -0.3 is 0 Å². The maximum atomic E-state index is 11.6. The Hall–Kier alpha value is -0.400. The monoisotopic (exact) mass is 106 g/mol.